The molecule has 35 heavy (non-hydrogen) atoms. The molecule has 0 spiro atoms. The minimum atomic E-state index is -4.38. The molecule has 2 aromatic rings. The van der Waals surface area contributed by atoms with E-state index in [2.05, 4.69) is 10.00 Å². The van der Waals surface area contributed by atoms with E-state index < -0.39 is 11.7 Å². The highest BCUT2D eigenvalue weighted by Gasteiger charge is 2.42. The van der Waals surface area contributed by atoms with Crippen molar-refractivity contribution in [1.82, 2.24) is 19.6 Å². The lowest BCUT2D eigenvalue weighted by Gasteiger charge is -2.24. The number of benzene rings is 1. The summed E-state index contributed by atoms with van der Waals surface area (Å²) in [4.78, 5) is 30.4. The van der Waals surface area contributed by atoms with E-state index in [9.17, 15) is 22.8 Å². The highest BCUT2D eigenvalue weighted by molar-refractivity contribution is 6.33. The van der Waals surface area contributed by atoms with Gasteiger partial charge in [-0.25, -0.2) is 4.79 Å². The molecule has 7 nitrogen and oxygen atoms in total. The van der Waals surface area contributed by atoms with Crippen molar-refractivity contribution in [2.24, 2.45) is 11.8 Å². The summed E-state index contributed by atoms with van der Waals surface area (Å²) in [5, 5.41) is 4.17. The Kier molecular flexibility index (Phi) is 6.29. The summed E-state index contributed by atoms with van der Waals surface area (Å²) in [6.45, 7) is 5.86. The van der Waals surface area contributed by atoms with Crippen LogP contribution in [0.15, 0.2) is 24.4 Å². The Balaban J connectivity index is 1.24. The summed E-state index contributed by atoms with van der Waals surface area (Å²) in [6, 6.07) is 4.08. The van der Waals surface area contributed by atoms with Crippen molar-refractivity contribution in [1.29, 1.82) is 0 Å². The van der Waals surface area contributed by atoms with Crippen LogP contribution in [-0.2, 0) is 12.7 Å². The summed E-state index contributed by atoms with van der Waals surface area (Å²) in [5.74, 6) is 0.167. The van der Waals surface area contributed by atoms with Crippen LogP contribution in [0.2, 0.25) is 5.02 Å². The molecule has 11 heteroatoms. The van der Waals surface area contributed by atoms with Crippen LogP contribution in [0.25, 0.3) is 0 Å². The lowest BCUT2D eigenvalue weighted by Crippen LogP contribution is -2.36. The average molecular weight is 510 g/mol. The van der Waals surface area contributed by atoms with Gasteiger partial charge in [0, 0.05) is 58.4 Å². The highest BCUT2D eigenvalue weighted by Crippen LogP contribution is 2.36. The Morgan fingerprint density at radius 3 is 2.29 bits per heavy atom. The molecule has 0 aliphatic carbocycles. The second-order valence-corrected chi connectivity index (χ2v) is 10.2. The van der Waals surface area contributed by atoms with Gasteiger partial charge in [0.15, 0.2) is 5.78 Å². The Bertz CT molecular complexity index is 1130. The van der Waals surface area contributed by atoms with E-state index in [-0.39, 0.29) is 34.4 Å². The highest BCUT2D eigenvalue weighted by atomic mass is 35.5. The van der Waals surface area contributed by atoms with Gasteiger partial charge in [0.1, 0.15) is 5.69 Å². The van der Waals surface area contributed by atoms with Gasteiger partial charge in [-0.2, -0.15) is 23.0 Å². The number of carbonyl (C=O) groups is 2. The standard InChI is InChI=1S/C24H27ClF3N5O2/c1-15(34)22-21(25)14-33(29-22)23(35)32-12-17-10-30(11-18(17)13-32)9-16-6-19(24(26,27)28)8-20(7-16)31-4-2-3-5-31/h6-8,14,17-18H,2-5,9-13H2,1H3. The molecule has 1 aromatic heterocycles. The molecule has 0 N–H and O–H groups in total. The van der Waals surface area contributed by atoms with Gasteiger partial charge in [-0.05, 0) is 48.4 Å². The number of hydrogen-bond acceptors (Lipinski definition) is 5. The maximum atomic E-state index is 13.6. The van der Waals surface area contributed by atoms with Gasteiger partial charge in [-0.3, -0.25) is 9.69 Å². The third-order valence-electron chi connectivity index (χ3n) is 7.21. The van der Waals surface area contributed by atoms with Gasteiger partial charge in [0.2, 0.25) is 0 Å². The number of halogens is 4. The van der Waals surface area contributed by atoms with Crippen molar-refractivity contribution in [3.05, 3.63) is 46.2 Å². The molecule has 188 valence electrons. The lowest BCUT2D eigenvalue weighted by molar-refractivity contribution is -0.137. The summed E-state index contributed by atoms with van der Waals surface area (Å²) < 4.78 is 41.8. The molecule has 0 bridgehead atoms. The normalized spacial score (nSPS) is 22.8. The Labute approximate surface area is 206 Å². The Morgan fingerprint density at radius 2 is 1.71 bits per heavy atom. The quantitative estimate of drug-likeness (QED) is 0.572. The van der Waals surface area contributed by atoms with Crippen molar-refractivity contribution < 1.29 is 22.8 Å². The van der Waals surface area contributed by atoms with Gasteiger partial charge in [0.05, 0.1) is 16.8 Å². The predicted octanol–water partition coefficient (Wildman–Crippen LogP) is 4.39. The summed E-state index contributed by atoms with van der Waals surface area (Å²) in [5.41, 5.74) is 0.778. The van der Waals surface area contributed by atoms with Crippen LogP contribution in [0.1, 0.15) is 41.4 Å². The summed E-state index contributed by atoms with van der Waals surface area (Å²) >= 11 is 6.02. The van der Waals surface area contributed by atoms with Crippen LogP contribution >= 0.6 is 11.6 Å². The SMILES string of the molecule is CC(=O)c1nn(C(=O)N2CC3CN(Cc4cc(N5CCCC5)cc(C(F)(F)F)c4)CC3C2)cc1Cl. The number of hydrogen-bond donors (Lipinski definition) is 0. The predicted molar refractivity (Wildman–Crippen MR) is 125 cm³/mol. The number of nitrogens with zero attached hydrogens (tertiary/aromatic N) is 5. The molecule has 4 heterocycles. The number of anilines is 1. The molecule has 1 amide bonds. The fourth-order valence-electron chi connectivity index (χ4n) is 5.55. The van der Waals surface area contributed by atoms with E-state index in [1.54, 1.807) is 4.90 Å². The first kappa shape index (κ1) is 24.1. The summed E-state index contributed by atoms with van der Waals surface area (Å²) in [7, 11) is 0. The van der Waals surface area contributed by atoms with Crippen molar-refractivity contribution >= 4 is 29.1 Å². The first-order valence-corrected chi connectivity index (χ1v) is 12.2. The zero-order chi connectivity index (χ0) is 24.9. The number of amides is 1. The molecule has 2 atom stereocenters. The van der Waals surface area contributed by atoms with Gasteiger partial charge in [-0.15, -0.1) is 0 Å². The first-order chi connectivity index (χ1) is 16.6. The number of aromatic nitrogens is 2. The van der Waals surface area contributed by atoms with Crippen LogP contribution in [0, 0.1) is 11.8 Å². The molecule has 3 saturated heterocycles. The van der Waals surface area contributed by atoms with Crippen molar-refractivity contribution in [3.63, 3.8) is 0 Å². The fraction of sp³-hybridized carbons (Fsp3) is 0.542. The molecule has 2 unspecified atom stereocenters. The molecule has 5 rings (SSSR count). The number of fused-ring (bicyclic) bond motifs is 1. The maximum absolute atomic E-state index is 13.6. The Morgan fingerprint density at radius 1 is 1.06 bits per heavy atom. The van der Waals surface area contributed by atoms with Crippen LogP contribution in [-0.4, -0.2) is 70.7 Å². The van der Waals surface area contributed by atoms with Crippen LogP contribution in [0.3, 0.4) is 0 Å². The second kappa shape index (κ2) is 9.13. The maximum Gasteiger partial charge on any atom is 0.416 e. The van der Waals surface area contributed by atoms with E-state index in [0.717, 1.165) is 30.6 Å². The number of carbonyl (C=O) groups excluding carboxylic acids is 2. The smallest absolute Gasteiger partial charge is 0.372 e. The number of likely N-dealkylation sites (tertiary alicyclic amines) is 2. The van der Waals surface area contributed by atoms with E-state index >= 15 is 0 Å². The van der Waals surface area contributed by atoms with Crippen molar-refractivity contribution in [2.75, 3.05) is 44.2 Å². The minimum Gasteiger partial charge on any atom is -0.372 e. The van der Waals surface area contributed by atoms with Gasteiger partial charge in [0.25, 0.3) is 0 Å². The summed E-state index contributed by atoms with van der Waals surface area (Å²) in [6.07, 6.45) is -1.04. The molecule has 1 aromatic carbocycles. The zero-order valence-electron chi connectivity index (χ0n) is 19.4. The van der Waals surface area contributed by atoms with Gasteiger partial charge in [-0.1, -0.05) is 11.6 Å². The van der Waals surface area contributed by atoms with E-state index in [4.69, 9.17) is 11.6 Å². The first-order valence-electron chi connectivity index (χ1n) is 11.8. The number of Topliss-reactive ketones (excluding diaryl/α,β-unsaturated/α-hetero) is 1. The number of alkyl halides is 3. The van der Waals surface area contributed by atoms with Gasteiger partial charge >= 0.3 is 12.2 Å². The van der Waals surface area contributed by atoms with Crippen LogP contribution in [0.5, 0.6) is 0 Å². The van der Waals surface area contributed by atoms with E-state index in [0.29, 0.717) is 44.0 Å². The minimum absolute atomic E-state index is 0.0694. The molecule has 0 radical (unpaired) electrons. The second-order valence-electron chi connectivity index (χ2n) is 9.81. The third-order valence-corrected chi connectivity index (χ3v) is 7.49. The van der Waals surface area contributed by atoms with Crippen molar-refractivity contribution in [2.45, 2.75) is 32.5 Å². The Hall–Kier alpha value is -2.59. The largest absolute Gasteiger partial charge is 0.416 e. The van der Waals surface area contributed by atoms with Crippen molar-refractivity contribution in [3.8, 4) is 0 Å². The number of rotatable bonds is 4. The molecule has 3 fully saturated rings. The van der Waals surface area contributed by atoms with E-state index in [1.807, 2.05) is 11.0 Å². The zero-order valence-corrected chi connectivity index (χ0v) is 20.1. The third kappa shape index (κ3) is 4.91. The van der Waals surface area contributed by atoms with Crippen LogP contribution < -0.4 is 4.90 Å². The van der Waals surface area contributed by atoms with Crippen LogP contribution in [0.4, 0.5) is 23.7 Å². The molecule has 3 aliphatic rings. The lowest BCUT2D eigenvalue weighted by atomic mass is 10.0. The van der Waals surface area contributed by atoms with Gasteiger partial charge < -0.3 is 9.80 Å². The fourth-order valence-corrected chi connectivity index (χ4v) is 5.82. The molecular formula is C24H27ClF3N5O2. The van der Waals surface area contributed by atoms with E-state index in [1.165, 1.54) is 25.3 Å². The molecule has 0 saturated carbocycles. The average Bonchev–Trinajstić information content (AvgIpc) is 3.56. The monoisotopic (exact) mass is 509 g/mol. The topological polar surface area (TPSA) is 61.7 Å². The number of ketones is 1. The molecule has 3 aliphatic heterocycles. The molecular weight excluding hydrogens is 483 g/mol.